The summed E-state index contributed by atoms with van der Waals surface area (Å²) in [5.41, 5.74) is 6.71. The van der Waals surface area contributed by atoms with Crippen LogP contribution in [0.1, 0.15) is 12.5 Å². The molecule has 4 N–H and O–H groups in total. The maximum atomic E-state index is 13.2. The largest absolute Gasteiger partial charge is 0.409 e. The number of rotatable bonds is 4. The Bertz CT molecular complexity index is 393. The summed E-state index contributed by atoms with van der Waals surface area (Å²) >= 11 is 0. The maximum absolute atomic E-state index is 13.2. The Morgan fingerprint density at radius 2 is 2.31 bits per heavy atom. The fourth-order valence-corrected chi connectivity index (χ4v) is 1.18. The average Bonchev–Trinajstić information content (AvgIpc) is 2.29. The zero-order valence-corrected chi connectivity index (χ0v) is 9.37. The molecule has 1 atom stereocenters. The fraction of sp³-hybridized carbons (Fsp3) is 0.364. The van der Waals surface area contributed by atoms with Crippen LogP contribution < -0.4 is 11.1 Å². The van der Waals surface area contributed by atoms with E-state index in [4.69, 9.17) is 10.9 Å². The van der Waals surface area contributed by atoms with E-state index >= 15 is 0 Å². The second-order valence-corrected chi connectivity index (χ2v) is 3.77. The Hall–Kier alpha value is -1.78. The molecule has 1 unspecified atom stereocenters. The third-order valence-corrected chi connectivity index (χ3v) is 2.40. The minimum Gasteiger partial charge on any atom is -0.409 e. The number of nitrogens with zero attached hydrogens (tertiary/aromatic N) is 1. The van der Waals surface area contributed by atoms with Crippen LogP contribution in [0.4, 0.5) is 10.1 Å². The number of aryl methyl sites for hydroxylation is 1. The smallest absolute Gasteiger partial charge is 0.143 e. The van der Waals surface area contributed by atoms with E-state index in [1.807, 2.05) is 6.92 Å². The number of halogens is 1. The highest BCUT2D eigenvalue weighted by Gasteiger charge is 2.07. The van der Waals surface area contributed by atoms with Crippen molar-refractivity contribution in [1.82, 2.24) is 0 Å². The first-order chi connectivity index (χ1) is 7.54. The molecule has 1 rings (SSSR count). The molecule has 0 saturated heterocycles. The summed E-state index contributed by atoms with van der Waals surface area (Å²) in [4.78, 5) is 0. The first kappa shape index (κ1) is 12.3. The van der Waals surface area contributed by atoms with Gasteiger partial charge >= 0.3 is 0 Å². The van der Waals surface area contributed by atoms with Crippen molar-refractivity contribution in [3.8, 4) is 0 Å². The summed E-state index contributed by atoms with van der Waals surface area (Å²) in [5.74, 6) is -0.212. The van der Waals surface area contributed by atoms with Crippen LogP contribution >= 0.6 is 0 Å². The van der Waals surface area contributed by atoms with E-state index < -0.39 is 0 Å². The Morgan fingerprint density at radius 3 is 2.88 bits per heavy atom. The Morgan fingerprint density at radius 1 is 1.62 bits per heavy atom. The molecule has 5 heteroatoms. The van der Waals surface area contributed by atoms with Crippen molar-refractivity contribution in [3.05, 3.63) is 29.6 Å². The van der Waals surface area contributed by atoms with Gasteiger partial charge in [0.2, 0.25) is 0 Å². The second-order valence-electron chi connectivity index (χ2n) is 3.77. The molecule has 0 heterocycles. The lowest BCUT2D eigenvalue weighted by Crippen LogP contribution is -2.27. The summed E-state index contributed by atoms with van der Waals surface area (Å²) in [6.07, 6.45) is 0. The molecule has 4 nitrogen and oxygen atoms in total. The van der Waals surface area contributed by atoms with Crippen molar-refractivity contribution in [2.75, 3.05) is 11.9 Å². The summed E-state index contributed by atoms with van der Waals surface area (Å²) < 4.78 is 13.2. The molecule has 0 amide bonds. The monoisotopic (exact) mass is 225 g/mol. The van der Waals surface area contributed by atoms with E-state index in [9.17, 15) is 4.39 Å². The lowest BCUT2D eigenvalue weighted by Gasteiger charge is -2.12. The highest BCUT2D eigenvalue weighted by atomic mass is 19.1. The number of nitrogens with one attached hydrogen (secondary N) is 1. The van der Waals surface area contributed by atoms with Gasteiger partial charge in [-0.15, -0.1) is 0 Å². The van der Waals surface area contributed by atoms with Gasteiger partial charge in [-0.3, -0.25) is 0 Å². The van der Waals surface area contributed by atoms with Crippen LogP contribution in [0, 0.1) is 18.7 Å². The minimum absolute atomic E-state index is 0.116. The predicted octanol–water partition coefficient (Wildman–Crippen LogP) is 1.93. The molecule has 16 heavy (non-hydrogen) atoms. The predicted molar refractivity (Wildman–Crippen MR) is 62.2 cm³/mol. The van der Waals surface area contributed by atoms with E-state index in [0.29, 0.717) is 17.8 Å². The van der Waals surface area contributed by atoms with Gasteiger partial charge in [0.15, 0.2) is 0 Å². The number of nitrogens with two attached hydrogens (primary N) is 1. The van der Waals surface area contributed by atoms with Crippen LogP contribution in [0.25, 0.3) is 0 Å². The van der Waals surface area contributed by atoms with Gasteiger partial charge in [0.25, 0.3) is 0 Å². The Kier molecular flexibility index (Phi) is 4.10. The van der Waals surface area contributed by atoms with E-state index in [-0.39, 0.29) is 17.6 Å². The van der Waals surface area contributed by atoms with E-state index in [1.165, 1.54) is 6.07 Å². The molecule has 0 fully saturated rings. The highest BCUT2D eigenvalue weighted by molar-refractivity contribution is 5.82. The van der Waals surface area contributed by atoms with Gasteiger partial charge in [-0.05, 0) is 24.6 Å². The van der Waals surface area contributed by atoms with Crippen LogP contribution in [0.2, 0.25) is 0 Å². The first-order valence-corrected chi connectivity index (χ1v) is 5.02. The second kappa shape index (κ2) is 5.34. The van der Waals surface area contributed by atoms with Gasteiger partial charge in [-0.1, -0.05) is 18.1 Å². The molecule has 0 aliphatic heterocycles. The molecule has 0 aliphatic rings. The number of amidine groups is 1. The number of hydrogen-bond acceptors (Lipinski definition) is 3. The molecule has 88 valence electrons. The van der Waals surface area contributed by atoms with Crippen LogP contribution in [-0.4, -0.2) is 17.6 Å². The molecule has 1 aromatic rings. The molecule has 0 saturated carbocycles. The van der Waals surface area contributed by atoms with E-state index in [2.05, 4.69) is 10.5 Å². The summed E-state index contributed by atoms with van der Waals surface area (Å²) in [6.45, 7) is 4.00. The van der Waals surface area contributed by atoms with Crippen molar-refractivity contribution >= 4 is 11.5 Å². The number of benzene rings is 1. The molecule has 0 aromatic heterocycles. The van der Waals surface area contributed by atoms with Gasteiger partial charge in [0, 0.05) is 18.2 Å². The van der Waals surface area contributed by atoms with Crippen molar-refractivity contribution in [2.45, 2.75) is 13.8 Å². The number of anilines is 1. The number of oxime groups is 1. The molecule has 0 radical (unpaired) electrons. The zero-order valence-electron chi connectivity index (χ0n) is 9.37. The Balaban J connectivity index is 2.58. The van der Waals surface area contributed by atoms with Crippen molar-refractivity contribution in [2.24, 2.45) is 16.8 Å². The third-order valence-electron chi connectivity index (χ3n) is 2.40. The SMILES string of the molecule is Cc1ccc(NCC(C)C(N)=NO)cc1F. The normalized spacial score (nSPS) is 13.6. The lowest BCUT2D eigenvalue weighted by atomic mass is 10.1. The molecule has 1 aromatic carbocycles. The fourth-order valence-electron chi connectivity index (χ4n) is 1.18. The van der Waals surface area contributed by atoms with Crippen LogP contribution in [0.5, 0.6) is 0 Å². The summed E-state index contributed by atoms with van der Waals surface area (Å²) in [5, 5.41) is 14.4. The summed E-state index contributed by atoms with van der Waals surface area (Å²) in [7, 11) is 0. The Labute approximate surface area is 94.0 Å². The molecule has 0 bridgehead atoms. The highest BCUT2D eigenvalue weighted by Crippen LogP contribution is 2.13. The molecule has 0 spiro atoms. The standard InChI is InChI=1S/C11H16FN3O/c1-7-3-4-9(5-10(7)12)14-6-8(2)11(13)15-16/h3-5,8,14,16H,6H2,1-2H3,(H2,13,15). The molecular weight excluding hydrogens is 209 g/mol. The van der Waals surface area contributed by atoms with E-state index in [0.717, 1.165) is 0 Å². The first-order valence-electron chi connectivity index (χ1n) is 5.02. The number of hydrogen-bond donors (Lipinski definition) is 3. The van der Waals surface area contributed by atoms with Gasteiger partial charge in [-0.25, -0.2) is 4.39 Å². The topological polar surface area (TPSA) is 70.6 Å². The zero-order chi connectivity index (χ0) is 12.1. The van der Waals surface area contributed by atoms with Crippen molar-refractivity contribution in [1.29, 1.82) is 0 Å². The molecule has 0 aliphatic carbocycles. The maximum Gasteiger partial charge on any atom is 0.143 e. The van der Waals surface area contributed by atoms with Crippen LogP contribution in [-0.2, 0) is 0 Å². The van der Waals surface area contributed by atoms with Gasteiger partial charge < -0.3 is 16.3 Å². The molecular formula is C11H16FN3O. The van der Waals surface area contributed by atoms with Gasteiger partial charge in [0.1, 0.15) is 11.7 Å². The quantitative estimate of drug-likeness (QED) is 0.317. The van der Waals surface area contributed by atoms with Crippen LogP contribution in [0.3, 0.4) is 0 Å². The van der Waals surface area contributed by atoms with Crippen LogP contribution in [0.15, 0.2) is 23.4 Å². The van der Waals surface area contributed by atoms with Gasteiger partial charge in [-0.2, -0.15) is 0 Å². The van der Waals surface area contributed by atoms with Crippen molar-refractivity contribution in [3.63, 3.8) is 0 Å². The minimum atomic E-state index is -0.249. The average molecular weight is 225 g/mol. The third kappa shape index (κ3) is 3.12. The lowest BCUT2D eigenvalue weighted by molar-refractivity contribution is 0.315. The van der Waals surface area contributed by atoms with Gasteiger partial charge in [0.05, 0.1) is 0 Å². The van der Waals surface area contributed by atoms with Crippen molar-refractivity contribution < 1.29 is 9.60 Å². The summed E-state index contributed by atoms with van der Waals surface area (Å²) in [6, 6.07) is 4.91. The van der Waals surface area contributed by atoms with E-state index in [1.54, 1.807) is 19.1 Å².